The maximum absolute atomic E-state index is 13.2. The first-order chi connectivity index (χ1) is 20.0. The molecule has 0 fully saturated rings. The van der Waals surface area contributed by atoms with Gasteiger partial charge in [-0.1, -0.05) is 87.0 Å². The number of amides is 1. The number of sulfonamides is 1. The van der Waals surface area contributed by atoms with Crippen LogP contribution < -0.4 is 14.8 Å². The molecule has 0 aliphatic heterocycles. The van der Waals surface area contributed by atoms with Crippen molar-refractivity contribution in [3.8, 4) is 17.0 Å². The van der Waals surface area contributed by atoms with Gasteiger partial charge in [0.15, 0.2) is 0 Å². The van der Waals surface area contributed by atoms with E-state index in [-0.39, 0.29) is 16.2 Å². The van der Waals surface area contributed by atoms with Crippen LogP contribution in [0.2, 0.25) is 5.02 Å². The fourth-order valence-electron chi connectivity index (χ4n) is 4.64. The summed E-state index contributed by atoms with van der Waals surface area (Å²) >= 11 is 5.95. The Bertz CT molecular complexity index is 1810. The molecule has 216 valence electrons. The van der Waals surface area contributed by atoms with Gasteiger partial charge in [-0.2, -0.15) is 0 Å². The van der Waals surface area contributed by atoms with Crippen LogP contribution >= 0.6 is 11.6 Å². The van der Waals surface area contributed by atoms with E-state index in [1.54, 1.807) is 30.3 Å². The zero-order valence-electron chi connectivity index (χ0n) is 23.6. The summed E-state index contributed by atoms with van der Waals surface area (Å²) in [6.45, 7) is 6.61. The van der Waals surface area contributed by atoms with Gasteiger partial charge in [-0.15, -0.1) is 0 Å². The van der Waals surface area contributed by atoms with Gasteiger partial charge in [-0.05, 0) is 71.0 Å². The minimum absolute atomic E-state index is 0.0870. The highest BCUT2D eigenvalue weighted by atomic mass is 35.5. The van der Waals surface area contributed by atoms with Crippen molar-refractivity contribution in [1.82, 2.24) is 10.3 Å². The standard InChI is InChI=1S/C33H32ClN3O4S/c1-33(2,3)24-11-16-27(17-12-24)42(39,40)37-26-15-18-29-28(21-26)30(23-7-5-4-6-8-23)31(36-29)41-32(38)35-20-19-22-9-13-25(34)14-10-22/h4-18,21,36-37H,19-20H2,1-3H3,(H,35,38). The van der Waals surface area contributed by atoms with Crippen molar-refractivity contribution in [2.75, 3.05) is 11.3 Å². The number of carbonyl (C=O) groups is 1. The predicted molar refractivity (Wildman–Crippen MR) is 169 cm³/mol. The molecule has 0 saturated heterocycles. The van der Waals surface area contributed by atoms with Gasteiger partial charge in [0.1, 0.15) is 0 Å². The molecule has 0 bridgehead atoms. The average Bonchev–Trinajstić information content (AvgIpc) is 3.31. The number of aromatic nitrogens is 1. The van der Waals surface area contributed by atoms with E-state index in [0.717, 1.165) is 16.7 Å². The number of fused-ring (bicyclic) bond motifs is 1. The summed E-state index contributed by atoms with van der Waals surface area (Å²) in [5.74, 6) is 0.262. The Morgan fingerprint density at radius 3 is 2.26 bits per heavy atom. The van der Waals surface area contributed by atoms with Crippen molar-refractivity contribution in [2.24, 2.45) is 0 Å². The quantitative estimate of drug-likeness (QED) is 0.168. The summed E-state index contributed by atoms with van der Waals surface area (Å²) in [4.78, 5) is 16.1. The molecule has 1 heterocycles. The van der Waals surface area contributed by atoms with E-state index in [1.165, 1.54) is 0 Å². The highest BCUT2D eigenvalue weighted by molar-refractivity contribution is 7.92. The lowest BCUT2D eigenvalue weighted by Gasteiger charge is -2.19. The van der Waals surface area contributed by atoms with E-state index in [9.17, 15) is 13.2 Å². The molecule has 7 nitrogen and oxygen atoms in total. The molecule has 3 N–H and O–H groups in total. The molecule has 0 aliphatic rings. The minimum Gasteiger partial charge on any atom is -0.393 e. The van der Waals surface area contributed by atoms with Crippen LogP contribution in [0.3, 0.4) is 0 Å². The van der Waals surface area contributed by atoms with Crippen molar-refractivity contribution >= 4 is 44.3 Å². The monoisotopic (exact) mass is 601 g/mol. The topological polar surface area (TPSA) is 100 Å². The van der Waals surface area contributed by atoms with Gasteiger partial charge in [-0.25, -0.2) is 13.2 Å². The summed E-state index contributed by atoms with van der Waals surface area (Å²) in [6.07, 6.45) is 0.0137. The molecule has 0 aliphatic carbocycles. The van der Waals surface area contributed by atoms with Crippen molar-refractivity contribution in [3.05, 3.63) is 113 Å². The van der Waals surface area contributed by atoms with E-state index < -0.39 is 16.1 Å². The Labute approximate surface area is 250 Å². The van der Waals surface area contributed by atoms with Crippen LogP contribution in [0.5, 0.6) is 5.88 Å². The molecule has 5 rings (SSSR count). The van der Waals surface area contributed by atoms with Crippen molar-refractivity contribution in [3.63, 3.8) is 0 Å². The maximum Gasteiger partial charge on any atom is 0.413 e. The van der Waals surface area contributed by atoms with E-state index >= 15 is 0 Å². The smallest absolute Gasteiger partial charge is 0.393 e. The van der Waals surface area contributed by atoms with Crippen LogP contribution in [0.4, 0.5) is 10.5 Å². The highest BCUT2D eigenvalue weighted by Crippen LogP contribution is 2.39. The summed E-state index contributed by atoms with van der Waals surface area (Å²) in [6, 6.07) is 29.0. The number of nitrogens with one attached hydrogen (secondary N) is 3. The third-order valence-electron chi connectivity index (χ3n) is 6.90. The Morgan fingerprint density at radius 1 is 0.905 bits per heavy atom. The van der Waals surface area contributed by atoms with Crippen LogP contribution in [0.1, 0.15) is 31.9 Å². The second-order valence-electron chi connectivity index (χ2n) is 11.0. The van der Waals surface area contributed by atoms with Gasteiger partial charge in [0, 0.05) is 28.2 Å². The number of anilines is 1. The number of hydrogen-bond acceptors (Lipinski definition) is 4. The number of aromatic amines is 1. The van der Waals surface area contributed by atoms with Gasteiger partial charge in [0.05, 0.1) is 10.5 Å². The molecule has 0 unspecified atom stereocenters. The van der Waals surface area contributed by atoms with E-state index in [1.807, 2.05) is 66.7 Å². The molecule has 0 spiro atoms. The van der Waals surface area contributed by atoms with Crippen LogP contribution in [0.25, 0.3) is 22.0 Å². The van der Waals surface area contributed by atoms with E-state index in [0.29, 0.717) is 40.1 Å². The lowest BCUT2D eigenvalue weighted by molar-refractivity contribution is 0.199. The average molecular weight is 602 g/mol. The molecular formula is C33H32ClN3O4S. The number of carbonyl (C=O) groups excluding carboxylic acids is 1. The third-order valence-corrected chi connectivity index (χ3v) is 8.55. The third kappa shape index (κ3) is 6.78. The summed E-state index contributed by atoms with van der Waals surface area (Å²) in [5, 5.41) is 4.14. The van der Waals surface area contributed by atoms with Crippen molar-refractivity contribution in [2.45, 2.75) is 37.5 Å². The lowest BCUT2D eigenvalue weighted by Crippen LogP contribution is -2.29. The lowest BCUT2D eigenvalue weighted by atomic mass is 9.87. The minimum atomic E-state index is -3.83. The fourth-order valence-corrected chi connectivity index (χ4v) is 5.81. The number of halogens is 1. The molecule has 0 saturated carbocycles. The largest absolute Gasteiger partial charge is 0.413 e. The first-order valence-corrected chi connectivity index (χ1v) is 15.4. The van der Waals surface area contributed by atoms with Gasteiger partial charge >= 0.3 is 6.09 Å². The maximum atomic E-state index is 13.2. The first-order valence-electron chi connectivity index (χ1n) is 13.5. The number of rotatable bonds is 8. The first kappa shape index (κ1) is 29.2. The van der Waals surface area contributed by atoms with Crippen LogP contribution in [-0.2, 0) is 21.9 Å². The molecule has 1 amide bonds. The SMILES string of the molecule is CC(C)(C)c1ccc(S(=O)(=O)Nc2ccc3[nH]c(OC(=O)NCCc4ccc(Cl)cc4)c(-c4ccccc4)c3c2)cc1. The molecular weight excluding hydrogens is 570 g/mol. The second kappa shape index (κ2) is 11.9. The summed E-state index contributed by atoms with van der Waals surface area (Å²) in [5.41, 5.74) is 4.53. The molecule has 0 atom stereocenters. The Kier molecular flexibility index (Phi) is 8.29. The summed E-state index contributed by atoms with van der Waals surface area (Å²) < 4.78 is 34.9. The number of ether oxygens (including phenoxy) is 1. The van der Waals surface area contributed by atoms with Gasteiger partial charge in [-0.3, -0.25) is 4.72 Å². The number of hydrogen-bond donors (Lipinski definition) is 3. The van der Waals surface area contributed by atoms with Crippen molar-refractivity contribution < 1.29 is 17.9 Å². The predicted octanol–water partition coefficient (Wildman–Crippen LogP) is 7.92. The number of H-pyrrole nitrogens is 1. The Hall–Kier alpha value is -4.27. The zero-order chi connectivity index (χ0) is 29.9. The van der Waals surface area contributed by atoms with Crippen LogP contribution in [0.15, 0.2) is 102 Å². The molecule has 42 heavy (non-hydrogen) atoms. The van der Waals surface area contributed by atoms with E-state index in [2.05, 4.69) is 35.8 Å². The van der Waals surface area contributed by atoms with Crippen molar-refractivity contribution in [1.29, 1.82) is 0 Å². The Balaban J connectivity index is 1.39. The normalized spacial score (nSPS) is 11.8. The fraction of sp³-hybridized carbons (Fsp3) is 0.182. The molecule has 1 aromatic heterocycles. The van der Waals surface area contributed by atoms with Gasteiger partial charge < -0.3 is 15.0 Å². The molecule has 9 heteroatoms. The molecule has 5 aromatic rings. The molecule has 4 aromatic carbocycles. The Morgan fingerprint density at radius 2 is 1.60 bits per heavy atom. The summed E-state index contributed by atoms with van der Waals surface area (Å²) in [7, 11) is -3.83. The molecule has 0 radical (unpaired) electrons. The second-order valence-corrected chi connectivity index (χ2v) is 13.1. The van der Waals surface area contributed by atoms with Crippen LogP contribution in [-0.4, -0.2) is 26.0 Å². The van der Waals surface area contributed by atoms with Gasteiger partial charge in [0.2, 0.25) is 5.88 Å². The highest BCUT2D eigenvalue weighted by Gasteiger charge is 2.21. The number of benzene rings is 4. The van der Waals surface area contributed by atoms with E-state index in [4.69, 9.17) is 16.3 Å². The van der Waals surface area contributed by atoms with Crippen LogP contribution in [0, 0.1) is 0 Å². The van der Waals surface area contributed by atoms with Gasteiger partial charge in [0.25, 0.3) is 10.0 Å². The zero-order valence-corrected chi connectivity index (χ0v) is 25.1.